The van der Waals surface area contributed by atoms with Crippen LogP contribution in [0, 0.1) is 0 Å². The molecule has 0 spiro atoms. The van der Waals surface area contributed by atoms with E-state index in [2.05, 4.69) is 0 Å². The number of aliphatic hydroxyl groups excluding tert-OH is 1. The third-order valence-corrected chi connectivity index (χ3v) is 5.36. The largest absolute Gasteiger partial charge is 0.393 e. The number of rotatable bonds is 3. The van der Waals surface area contributed by atoms with Crippen LogP contribution in [0.5, 0.6) is 0 Å². The van der Waals surface area contributed by atoms with Crippen molar-refractivity contribution in [1.29, 1.82) is 0 Å². The Kier molecular flexibility index (Phi) is 4.57. The topological polar surface area (TPSA) is 58.3 Å². The highest BCUT2D eigenvalue weighted by atomic mass is 35.5. The number of benzene rings is 2. The van der Waals surface area contributed by atoms with E-state index >= 15 is 0 Å². The van der Waals surface area contributed by atoms with Gasteiger partial charge in [0.05, 0.1) is 23.2 Å². The van der Waals surface area contributed by atoms with Gasteiger partial charge < -0.3 is 10.2 Å². The smallest absolute Gasteiger partial charge is 0.109 e. The van der Waals surface area contributed by atoms with E-state index in [1.807, 2.05) is 65.3 Å². The van der Waals surface area contributed by atoms with Gasteiger partial charge in [-0.2, -0.15) is 5.10 Å². The fourth-order valence-corrected chi connectivity index (χ4v) is 3.66. The number of nitrogens with zero attached hydrogens (tertiary/aromatic N) is 2. The maximum atomic E-state index is 11.1. The number of halogens is 1. The number of aliphatic hydroxyl groups is 2. The summed E-state index contributed by atoms with van der Waals surface area (Å²) in [6.07, 6.45) is 1.87. The second-order valence-electron chi connectivity index (χ2n) is 6.93. The van der Waals surface area contributed by atoms with Gasteiger partial charge in [-0.3, -0.25) is 0 Å². The third-order valence-electron chi connectivity index (χ3n) is 5.11. The first-order valence-corrected chi connectivity index (χ1v) is 9.25. The lowest BCUT2D eigenvalue weighted by Crippen LogP contribution is -2.33. The van der Waals surface area contributed by atoms with Crippen LogP contribution < -0.4 is 0 Å². The molecule has 0 radical (unpaired) electrons. The summed E-state index contributed by atoms with van der Waals surface area (Å²) in [5, 5.41) is 26.3. The first-order chi connectivity index (χ1) is 12.5. The molecule has 2 aromatic carbocycles. The summed E-state index contributed by atoms with van der Waals surface area (Å²) >= 11 is 6.03. The molecule has 26 heavy (non-hydrogen) atoms. The normalized spacial score (nSPS) is 23.1. The van der Waals surface area contributed by atoms with Gasteiger partial charge in [-0.25, -0.2) is 4.68 Å². The quantitative estimate of drug-likeness (QED) is 0.724. The van der Waals surface area contributed by atoms with Crippen molar-refractivity contribution in [2.75, 3.05) is 0 Å². The SMILES string of the molecule is OC1CCC(O)(c2cc(-c3ccc(Cl)cc3)n(-c3ccccc3)n2)CC1. The van der Waals surface area contributed by atoms with Gasteiger partial charge in [0.25, 0.3) is 0 Å². The zero-order valence-electron chi connectivity index (χ0n) is 14.3. The Morgan fingerprint density at radius 2 is 1.65 bits per heavy atom. The molecule has 134 valence electrons. The molecule has 1 aliphatic rings. The molecule has 0 unspecified atom stereocenters. The number of para-hydroxylation sites is 1. The van der Waals surface area contributed by atoms with Crippen LogP contribution in [-0.4, -0.2) is 26.1 Å². The maximum Gasteiger partial charge on any atom is 0.109 e. The second kappa shape index (κ2) is 6.88. The summed E-state index contributed by atoms with van der Waals surface area (Å²) in [6, 6.07) is 19.4. The van der Waals surface area contributed by atoms with Crippen molar-refractivity contribution in [3.05, 3.63) is 71.4 Å². The van der Waals surface area contributed by atoms with Gasteiger partial charge in [-0.05, 0) is 56.0 Å². The van der Waals surface area contributed by atoms with Crippen molar-refractivity contribution in [2.24, 2.45) is 0 Å². The van der Waals surface area contributed by atoms with Crippen molar-refractivity contribution in [3.63, 3.8) is 0 Å². The van der Waals surface area contributed by atoms with Crippen molar-refractivity contribution < 1.29 is 10.2 Å². The van der Waals surface area contributed by atoms with Crippen LogP contribution in [0.1, 0.15) is 31.4 Å². The summed E-state index contributed by atoms with van der Waals surface area (Å²) in [4.78, 5) is 0. The van der Waals surface area contributed by atoms with Gasteiger partial charge in [0, 0.05) is 10.6 Å². The molecule has 2 N–H and O–H groups in total. The average Bonchev–Trinajstić information content (AvgIpc) is 3.12. The first-order valence-electron chi connectivity index (χ1n) is 8.87. The molecule has 1 saturated carbocycles. The fourth-order valence-electron chi connectivity index (χ4n) is 3.54. The van der Waals surface area contributed by atoms with Crippen molar-refractivity contribution in [3.8, 4) is 16.9 Å². The summed E-state index contributed by atoms with van der Waals surface area (Å²) in [6.45, 7) is 0. The second-order valence-corrected chi connectivity index (χ2v) is 7.37. The molecule has 1 aliphatic carbocycles. The van der Waals surface area contributed by atoms with Crippen LogP contribution in [0.15, 0.2) is 60.7 Å². The zero-order chi connectivity index (χ0) is 18.1. The molecule has 1 aromatic heterocycles. The predicted molar refractivity (Wildman–Crippen MR) is 102 cm³/mol. The highest BCUT2D eigenvalue weighted by Crippen LogP contribution is 2.38. The number of aromatic nitrogens is 2. The Hall–Kier alpha value is -2.14. The fraction of sp³-hybridized carbons (Fsp3) is 0.286. The minimum atomic E-state index is -1.000. The van der Waals surface area contributed by atoms with E-state index in [1.165, 1.54) is 0 Å². The van der Waals surface area contributed by atoms with E-state index in [4.69, 9.17) is 16.7 Å². The molecule has 1 heterocycles. The highest BCUT2D eigenvalue weighted by molar-refractivity contribution is 6.30. The van der Waals surface area contributed by atoms with Crippen molar-refractivity contribution >= 4 is 11.6 Å². The van der Waals surface area contributed by atoms with E-state index < -0.39 is 5.60 Å². The minimum absolute atomic E-state index is 0.331. The molecule has 4 nitrogen and oxygen atoms in total. The van der Waals surface area contributed by atoms with Crippen LogP contribution >= 0.6 is 11.6 Å². The lowest BCUT2D eigenvalue weighted by molar-refractivity contribution is -0.0393. The van der Waals surface area contributed by atoms with Crippen LogP contribution in [0.3, 0.4) is 0 Å². The van der Waals surface area contributed by atoms with Gasteiger partial charge in [-0.1, -0.05) is 41.9 Å². The molecule has 0 amide bonds. The Morgan fingerprint density at radius 1 is 1.00 bits per heavy atom. The number of hydrogen-bond acceptors (Lipinski definition) is 3. The molecule has 5 heteroatoms. The molecular weight excluding hydrogens is 348 g/mol. The molecule has 0 saturated heterocycles. The Morgan fingerprint density at radius 3 is 2.31 bits per heavy atom. The van der Waals surface area contributed by atoms with Crippen LogP contribution in [0.4, 0.5) is 0 Å². The average molecular weight is 369 g/mol. The highest BCUT2D eigenvalue weighted by Gasteiger charge is 2.37. The van der Waals surface area contributed by atoms with Crippen molar-refractivity contribution in [1.82, 2.24) is 9.78 Å². The lowest BCUT2D eigenvalue weighted by atomic mass is 9.81. The van der Waals surface area contributed by atoms with E-state index in [0.29, 0.717) is 36.4 Å². The van der Waals surface area contributed by atoms with E-state index in [9.17, 15) is 10.2 Å². The molecule has 0 bridgehead atoms. The van der Waals surface area contributed by atoms with Gasteiger partial charge in [0.2, 0.25) is 0 Å². The molecule has 0 atom stereocenters. The molecule has 0 aliphatic heterocycles. The lowest BCUT2D eigenvalue weighted by Gasteiger charge is -2.32. The van der Waals surface area contributed by atoms with E-state index in [1.54, 1.807) is 0 Å². The maximum absolute atomic E-state index is 11.1. The summed E-state index contributed by atoms with van der Waals surface area (Å²) in [5.74, 6) is 0. The van der Waals surface area contributed by atoms with Gasteiger partial charge >= 0.3 is 0 Å². The van der Waals surface area contributed by atoms with Gasteiger partial charge in [0.15, 0.2) is 0 Å². The van der Waals surface area contributed by atoms with Crippen molar-refractivity contribution in [2.45, 2.75) is 37.4 Å². The Balaban J connectivity index is 1.81. The Labute approximate surface area is 157 Å². The zero-order valence-corrected chi connectivity index (χ0v) is 15.1. The summed E-state index contributed by atoms with van der Waals surface area (Å²) < 4.78 is 1.86. The van der Waals surface area contributed by atoms with Gasteiger partial charge in [-0.15, -0.1) is 0 Å². The monoisotopic (exact) mass is 368 g/mol. The minimum Gasteiger partial charge on any atom is -0.393 e. The van der Waals surface area contributed by atoms with Crippen LogP contribution in [0.2, 0.25) is 5.02 Å². The van der Waals surface area contributed by atoms with E-state index in [0.717, 1.165) is 16.9 Å². The number of hydrogen-bond donors (Lipinski definition) is 2. The predicted octanol–water partition coefficient (Wildman–Crippen LogP) is 4.32. The first kappa shape index (κ1) is 17.3. The van der Waals surface area contributed by atoms with Crippen LogP contribution in [-0.2, 0) is 5.60 Å². The Bertz CT molecular complexity index is 882. The van der Waals surface area contributed by atoms with E-state index in [-0.39, 0.29) is 6.10 Å². The van der Waals surface area contributed by atoms with Gasteiger partial charge in [0.1, 0.15) is 5.60 Å². The molecule has 4 rings (SSSR count). The molecular formula is C21H21ClN2O2. The van der Waals surface area contributed by atoms with Crippen LogP contribution in [0.25, 0.3) is 16.9 Å². The third kappa shape index (κ3) is 3.28. The molecule has 1 fully saturated rings. The summed E-state index contributed by atoms with van der Waals surface area (Å²) in [7, 11) is 0. The standard InChI is InChI=1S/C21H21ClN2O2/c22-16-8-6-15(7-9-16)19-14-20(21(26)12-10-18(25)11-13-21)23-24(19)17-4-2-1-3-5-17/h1-9,14,18,25-26H,10-13H2. The summed E-state index contributed by atoms with van der Waals surface area (Å²) in [5.41, 5.74) is 2.47. The molecule has 3 aromatic rings.